The molecule has 1 aliphatic carbocycles. The van der Waals surface area contributed by atoms with E-state index >= 15 is 4.39 Å². The van der Waals surface area contributed by atoms with Gasteiger partial charge in [-0.3, -0.25) is 4.79 Å². The molecule has 2 aromatic rings. The molecule has 1 atom stereocenters. The SMILES string of the molecule is C\C=C(F)/C(=N\C(=C\CC)Nc1ccc(C(CC)CCC)cn1)c1sc2c(c1C)C(=O)N(C)C21CC1. The lowest BCUT2D eigenvalue weighted by Gasteiger charge is -2.19. The van der Waals surface area contributed by atoms with E-state index in [1.807, 2.05) is 44.1 Å². The number of pyridine rings is 1. The summed E-state index contributed by atoms with van der Waals surface area (Å²) in [5.74, 6) is 1.36. The fraction of sp³-hybridized carbons (Fsp3) is 0.483. The summed E-state index contributed by atoms with van der Waals surface area (Å²) in [6.45, 7) is 10.0. The minimum Gasteiger partial charge on any atom is -0.331 e. The van der Waals surface area contributed by atoms with E-state index in [1.54, 1.807) is 6.92 Å². The molecule has 1 fully saturated rings. The van der Waals surface area contributed by atoms with Crippen LogP contribution in [0.4, 0.5) is 10.2 Å². The first-order valence-electron chi connectivity index (χ1n) is 13.1. The first-order chi connectivity index (χ1) is 17.3. The van der Waals surface area contributed by atoms with Crippen LogP contribution < -0.4 is 5.32 Å². The highest BCUT2D eigenvalue weighted by Crippen LogP contribution is 2.59. The van der Waals surface area contributed by atoms with Gasteiger partial charge in [0.05, 0.1) is 16.0 Å². The predicted octanol–water partition coefficient (Wildman–Crippen LogP) is 7.85. The van der Waals surface area contributed by atoms with Crippen LogP contribution in [0.3, 0.4) is 0 Å². The zero-order valence-electron chi connectivity index (χ0n) is 22.2. The van der Waals surface area contributed by atoms with Gasteiger partial charge in [0.1, 0.15) is 23.2 Å². The smallest absolute Gasteiger partial charge is 0.255 e. The van der Waals surface area contributed by atoms with E-state index in [2.05, 4.69) is 30.2 Å². The number of amides is 1. The van der Waals surface area contributed by atoms with Crippen LogP contribution in [0.25, 0.3) is 0 Å². The van der Waals surface area contributed by atoms with Crippen LogP contribution in [-0.2, 0) is 5.54 Å². The molecule has 2 aromatic heterocycles. The lowest BCUT2D eigenvalue weighted by molar-refractivity contribution is 0.0755. The summed E-state index contributed by atoms with van der Waals surface area (Å²) in [6.07, 6.45) is 11.3. The Morgan fingerprint density at radius 2 is 2.08 bits per heavy atom. The van der Waals surface area contributed by atoms with E-state index in [4.69, 9.17) is 4.99 Å². The van der Waals surface area contributed by atoms with Gasteiger partial charge in [0.2, 0.25) is 0 Å². The van der Waals surface area contributed by atoms with Crippen LogP contribution in [0.15, 0.2) is 47.1 Å². The molecule has 1 spiro atoms. The topological polar surface area (TPSA) is 57.6 Å². The summed E-state index contributed by atoms with van der Waals surface area (Å²) in [7, 11) is 1.87. The number of anilines is 1. The van der Waals surface area contributed by atoms with Crippen molar-refractivity contribution in [1.29, 1.82) is 0 Å². The zero-order chi connectivity index (χ0) is 26.0. The maximum atomic E-state index is 15.3. The molecule has 2 aliphatic rings. The summed E-state index contributed by atoms with van der Waals surface area (Å²) < 4.78 is 15.3. The number of halogens is 1. The molecule has 1 amide bonds. The van der Waals surface area contributed by atoms with Gasteiger partial charge in [-0.2, -0.15) is 0 Å². The molecular weight excluding hydrogens is 471 g/mol. The molecule has 1 N–H and O–H groups in total. The molecule has 1 unspecified atom stereocenters. The molecular formula is C29H37FN4OS. The third kappa shape index (κ3) is 4.65. The zero-order valence-corrected chi connectivity index (χ0v) is 23.1. The van der Waals surface area contributed by atoms with E-state index in [-0.39, 0.29) is 17.2 Å². The largest absolute Gasteiger partial charge is 0.331 e. The number of aliphatic imine (C=N–C) groups is 1. The van der Waals surface area contributed by atoms with Gasteiger partial charge in [0.25, 0.3) is 5.91 Å². The van der Waals surface area contributed by atoms with E-state index in [9.17, 15) is 4.79 Å². The summed E-state index contributed by atoms with van der Waals surface area (Å²) in [5.41, 5.74) is 2.85. The summed E-state index contributed by atoms with van der Waals surface area (Å²) in [4.78, 5) is 26.0. The Hall–Kier alpha value is -2.80. The standard InChI is InChI=1S/C29H37FN4OS/c1-7-11-19(9-3)20-13-14-22(31-17-20)32-23(12-8-2)33-25(21(30)10-4)26-18(5)24-27(36-26)29(15-16-29)34(6)28(24)35/h10,12-14,17,19H,7-9,11,15-16H2,1-6H3,(H,31,32)/b21-10+,23-12+,33-25+. The van der Waals surface area contributed by atoms with Crippen molar-refractivity contribution in [2.24, 2.45) is 4.99 Å². The molecule has 5 nitrogen and oxygen atoms in total. The quantitative estimate of drug-likeness (QED) is 0.333. The monoisotopic (exact) mass is 508 g/mol. The summed E-state index contributed by atoms with van der Waals surface area (Å²) in [6, 6.07) is 4.08. The van der Waals surface area contributed by atoms with Crippen molar-refractivity contribution in [3.05, 3.63) is 68.6 Å². The summed E-state index contributed by atoms with van der Waals surface area (Å²) >= 11 is 1.51. The highest BCUT2D eigenvalue weighted by Gasteiger charge is 2.58. The summed E-state index contributed by atoms with van der Waals surface area (Å²) in [5, 5.41) is 3.29. The Kier molecular flexibility index (Phi) is 7.79. The second-order valence-electron chi connectivity index (χ2n) is 9.75. The normalized spacial score (nSPS) is 18.1. The Morgan fingerprint density at radius 3 is 2.64 bits per heavy atom. The number of nitrogens with one attached hydrogen (secondary N) is 1. The number of fused-ring (bicyclic) bond motifs is 2. The molecule has 0 bridgehead atoms. The van der Waals surface area contributed by atoms with Crippen LogP contribution >= 0.6 is 11.3 Å². The third-order valence-electron chi connectivity index (χ3n) is 7.42. The molecule has 36 heavy (non-hydrogen) atoms. The Morgan fingerprint density at radius 1 is 1.33 bits per heavy atom. The number of carbonyl (C=O) groups excluding carboxylic acids is 1. The van der Waals surface area contributed by atoms with E-state index in [0.29, 0.717) is 17.6 Å². The second-order valence-corrected chi connectivity index (χ2v) is 10.8. The lowest BCUT2D eigenvalue weighted by Crippen LogP contribution is -2.29. The van der Waals surface area contributed by atoms with E-state index in [0.717, 1.165) is 59.4 Å². The average molecular weight is 509 g/mol. The van der Waals surface area contributed by atoms with Crippen LogP contribution in [0.1, 0.15) is 103 Å². The van der Waals surface area contributed by atoms with Crippen LogP contribution in [0.5, 0.6) is 0 Å². The number of allylic oxidation sites excluding steroid dienone is 3. The number of hydrogen-bond acceptors (Lipinski definition) is 5. The predicted molar refractivity (Wildman–Crippen MR) is 148 cm³/mol. The number of hydrogen-bond donors (Lipinski definition) is 1. The molecule has 7 heteroatoms. The van der Waals surface area contributed by atoms with Crippen LogP contribution in [0, 0.1) is 6.92 Å². The number of thiophene rings is 1. The van der Waals surface area contributed by atoms with Crippen LogP contribution in [-0.4, -0.2) is 28.6 Å². The van der Waals surface area contributed by atoms with Gasteiger partial charge in [0.15, 0.2) is 0 Å². The minimum absolute atomic E-state index is 0.0305. The van der Waals surface area contributed by atoms with Crippen molar-refractivity contribution >= 4 is 28.8 Å². The molecule has 1 aliphatic heterocycles. The maximum Gasteiger partial charge on any atom is 0.255 e. The third-order valence-corrected chi connectivity index (χ3v) is 8.91. The fourth-order valence-electron chi connectivity index (χ4n) is 5.11. The molecule has 0 radical (unpaired) electrons. The van der Waals surface area contributed by atoms with Crippen molar-refractivity contribution in [2.45, 2.75) is 84.6 Å². The van der Waals surface area contributed by atoms with E-state index < -0.39 is 5.83 Å². The molecule has 0 saturated heterocycles. The Balaban J connectivity index is 1.68. The molecule has 4 rings (SSSR count). The number of aromatic nitrogens is 1. The van der Waals surface area contributed by atoms with Gasteiger partial charge in [-0.15, -0.1) is 11.3 Å². The number of rotatable bonds is 10. The number of carbonyl (C=O) groups is 1. The molecule has 192 valence electrons. The maximum absolute atomic E-state index is 15.3. The number of nitrogens with zero attached hydrogens (tertiary/aromatic N) is 3. The Bertz CT molecular complexity index is 1220. The van der Waals surface area contributed by atoms with Crippen molar-refractivity contribution in [1.82, 2.24) is 9.88 Å². The molecule has 1 saturated carbocycles. The van der Waals surface area contributed by atoms with Crippen molar-refractivity contribution in [3.8, 4) is 0 Å². The highest BCUT2D eigenvalue weighted by atomic mass is 32.1. The van der Waals surface area contributed by atoms with Crippen molar-refractivity contribution in [3.63, 3.8) is 0 Å². The fourth-order valence-corrected chi connectivity index (χ4v) is 6.69. The van der Waals surface area contributed by atoms with Gasteiger partial charge in [-0.05, 0) is 81.2 Å². The van der Waals surface area contributed by atoms with Gasteiger partial charge >= 0.3 is 0 Å². The van der Waals surface area contributed by atoms with E-state index in [1.165, 1.54) is 23.0 Å². The van der Waals surface area contributed by atoms with Gasteiger partial charge in [-0.1, -0.05) is 33.3 Å². The second kappa shape index (κ2) is 10.7. The first-order valence-corrected chi connectivity index (χ1v) is 13.9. The van der Waals surface area contributed by atoms with Gasteiger partial charge in [-0.25, -0.2) is 14.4 Å². The van der Waals surface area contributed by atoms with Gasteiger partial charge < -0.3 is 10.2 Å². The Labute approximate surface area is 218 Å². The van der Waals surface area contributed by atoms with Gasteiger partial charge in [0, 0.05) is 18.1 Å². The molecule has 3 heterocycles. The minimum atomic E-state index is -0.402. The average Bonchev–Trinajstić information content (AvgIpc) is 3.58. The lowest BCUT2D eigenvalue weighted by atomic mass is 9.93. The van der Waals surface area contributed by atoms with Crippen LogP contribution in [0.2, 0.25) is 0 Å². The first kappa shape index (κ1) is 26.3. The molecule has 0 aromatic carbocycles. The highest BCUT2D eigenvalue weighted by molar-refractivity contribution is 7.15. The van der Waals surface area contributed by atoms with Crippen molar-refractivity contribution < 1.29 is 9.18 Å². The van der Waals surface area contributed by atoms with Crippen molar-refractivity contribution in [2.75, 3.05) is 12.4 Å².